The van der Waals surface area contributed by atoms with Gasteiger partial charge in [0.25, 0.3) is 5.91 Å². The summed E-state index contributed by atoms with van der Waals surface area (Å²) in [7, 11) is 1.89. The van der Waals surface area contributed by atoms with Crippen molar-refractivity contribution >= 4 is 33.1 Å². The molecular formula is C18H15N5OS. The molecule has 0 aliphatic rings. The molecule has 0 unspecified atom stereocenters. The molecule has 1 aromatic carbocycles. The van der Waals surface area contributed by atoms with Gasteiger partial charge in [0.15, 0.2) is 5.82 Å². The van der Waals surface area contributed by atoms with Crippen molar-refractivity contribution in [1.82, 2.24) is 19.7 Å². The van der Waals surface area contributed by atoms with Crippen molar-refractivity contribution in [3.05, 3.63) is 59.4 Å². The molecule has 25 heavy (non-hydrogen) atoms. The Labute approximate surface area is 148 Å². The van der Waals surface area contributed by atoms with E-state index in [1.807, 2.05) is 44.3 Å². The molecule has 4 aromatic rings. The molecule has 3 heterocycles. The number of carbonyl (C=O) groups is 1. The number of benzene rings is 1. The van der Waals surface area contributed by atoms with Crippen LogP contribution < -0.4 is 5.32 Å². The van der Waals surface area contributed by atoms with Crippen LogP contribution in [-0.2, 0) is 7.05 Å². The highest BCUT2D eigenvalue weighted by Crippen LogP contribution is 2.28. The number of thiophene rings is 1. The normalized spacial score (nSPS) is 11.0. The first-order valence-corrected chi connectivity index (χ1v) is 8.55. The highest BCUT2D eigenvalue weighted by molar-refractivity contribution is 7.20. The van der Waals surface area contributed by atoms with Gasteiger partial charge < -0.3 is 5.32 Å². The predicted molar refractivity (Wildman–Crippen MR) is 98.7 cm³/mol. The number of nitrogens with zero attached hydrogens (tertiary/aromatic N) is 4. The number of aromatic nitrogens is 4. The van der Waals surface area contributed by atoms with Crippen LogP contribution in [0.15, 0.2) is 48.8 Å². The minimum Gasteiger partial charge on any atom is -0.321 e. The van der Waals surface area contributed by atoms with E-state index in [1.54, 1.807) is 23.1 Å². The first-order chi connectivity index (χ1) is 12.1. The maximum Gasteiger partial charge on any atom is 0.265 e. The Kier molecular flexibility index (Phi) is 3.77. The summed E-state index contributed by atoms with van der Waals surface area (Å²) in [6.45, 7) is 1.95. The van der Waals surface area contributed by atoms with Gasteiger partial charge in [-0.2, -0.15) is 5.10 Å². The predicted octanol–water partition coefficient (Wildman–Crippen LogP) is 3.65. The van der Waals surface area contributed by atoms with Crippen molar-refractivity contribution in [3.63, 3.8) is 0 Å². The van der Waals surface area contributed by atoms with Crippen molar-refractivity contribution in [1.29, 1.82) is 0 Å². The third-order valence-electron chi connectivity index (χ3n) is 3.89. The van der Waals surface area contributed by atoms with Crippen LogP contribution in [0, 0.1) is 6.92 Å². The highest BCUT2D eigenvalue weighted by atomic mass is 32.1. The molecule has 7 heteroatoms. The van der Waals surface area contributed by atoms with E-state index in [9.17, 15) is 4.79 Å². The Morgan fingerprint density at radius 2 is 1.88 bits per heavy atom. The molecule has 0 aliphatic carbocycles. The quantitative estimate of drug-likeness (QED) is 0.613. The number of anilines is 1. The van der Waals surface area contributed by atoms with E-state index >= 15 is 0 Å². The number of aryl methyl sites for hydroxylation is 2. The minimum absolute atomic E-state index is 0.121. The smallest absolute Gasteiger partial charge is 0.265 e. The molecule has 0 radical (unpaired) electrons. The van der Waals surface area contributed by atoms with Crippen LogP contribution in [0.2, 0.25) is 0 Å². The van der Waals surface area contributed by atoms with Crippen molar-refractivity contribution in [3.8, 4) is 11.4 Å². The Balaban J connectivity index is 1.54. The lowest BCUT2D eigenvalue weighted by molar-refractivity contribution is 0.103. The van der Waals surface area contributed by atoms with Gasteiger partial charge in [-0.05, 0) is 43.3 Å². The van der Waals surface area contributed by atoms with Gasteiger partial charge in [0.1, 0.15) is 4.83 Å². The van der Waals surface area contributed by atoms with Crippen molar-refractivity contribution in [2.24, 2.45) is 7.05 Å². The summed E-state index contributed by atoms with van der Waals surface area (Å²) in [6, 6.07) is 11.2. The van der Waals surface area contributed by atoms with E-state index in [1.165, 1.54) is 11.3 Å². The number of nitrogens with one attached hydrogen (secondary N) is 1. The molecular weight excluding hydrogens is 334 g/mol. The largest absolute Gasteiger partial charge is 0.321 e. The lowest BCUT2D eigenvalue weighted by Gasteiger charge is -2.05. The lowest BCUT2D eigenvalue weighted by Crippen LogP contribution is -2.10. The molecule has 4 rings (SSSR count). The fourth-order valence-electron chi connectivity index (χ4n) is 2.66. The zero-order chi connectivity index (χ0) is 17.4. The Morgan fingerprint density at radius 1 is 1.16 bits per heavy atom. The van der Waals surface area contributed by atoms with Gasteiger partial charge in [-0.1, -0.05) is 0 Å². The summed E-state index contributed by atoms with van der Waals surface area (Å²) in [5.41, 5.74) is 2.57. The van der Waals surface area contributed by atoms with E-state index in [-0.39, 0.29) is 5.91 Å². The Hall–Kier alpha value is -3.06. The molecule has 1 amide bonds. The molecule has 0 atom stereocenters. The molecule has 0 aliphatic heterocycles. The molecule has 0 bridgehead atoms. The zero-order valence-electron chi connectivity index (χ0n) is 13.7. The standard InChI is InChI=1S/C18H15N5OS/c1-11-14-10-15(25-18(14)23(2)22-11)17(24)21-13-6-4-12(5-7-13)16-19-8-3-9-20-16/h3-10H,1-2H3,(H,21,24). The molecule has 0 fully saturated rings. The molecule has 1 N–H and O–H groups in total. The van der Waals surface area contributed by atoms with Crippen LogP contribution >= 0.6 is 11.3 Å². The van der Waals surface area contributed by atoms with Gasteiger partial charge >= 0.3 is 0 Å². The van der Waals surface area contributed by atoms with Gasteiger partial charge in [-0.25, -0.2) is 9.97 Å². The third kappa shape index (κ3) is 2.89. The van der Waals surface area contributed by atoms with Crippen LogP contribution in [0.25, 0.3) is 21.6 Å². The van der Waals surface area contributed by atoms with Gasteiger partial charge in [0.05, 0.1) is 10.6 Å². The van der Waals surface area contributed by atoms with Gasteiger partial charge in [-0.15, -0.1) is 11.3 Å². The zero-order valence-corrected chi connectivity index (χ0v) is 14.5. The van der Waals surface area contributed by atoms with E-state index < -0.39 is 0 Å². The minimum atomic E-state index is -0.121. The van der Waals surface area contributed by atoms with E-state index in [0.717, 1.165) is 27.2 Å². The second kappa shape index (κ2) is 6.10. The lowest BCUT2D eigenvalue weighted by atomic mass is 10.2. The van der Waals surface area contributed by atoms with E-state index in [0.29, 0.717) is 10.7 Å². The number of hydrogen-bond acceptors (Lipinski definition) is 5. The fraction of sp³-hybridized carbons (Fsp3) is 0.111. The van der Waals surface area contributed by atoms with E-state index in [2.05, 4.69) is 20.4 Å². The monoisotopic (exact) mass is 349 g/mol. The maximum absolute atomic E-state index is 12.5. The number of amides is 1. The summed E-state index contributed by atoms with van der Waals surface area (Å²) in [5, 5.41) is 8.31. The molecule has 3 aromatic heterocycles. The topological polar surface area (TPSA) is 72.7 Å². The average Bonchev–Trinajstić information content (AvgIpc) is 3.18. The second-order valence-corrected chi connectivity index (χ2v) is 6.67. The van der Waals surface area contributed by atoms with Crippen LogP contribution in [0.1, 0.15) is 15.4 Å². The molecule has 0 saturated carbocycles. The SMILES string of the molecule is Cc1nn(C)c2sc(C(=O)Nc3ccc(-c4ncccn4)cc3)cc12. The second-order valence-electron chi connectivity index (χ2n) is 5.64. The van der Waals surface area contributed by atoms with Crippen LogP contribution in [0.5, 0.6) is 0 Å². The summed E-state index contributed by atoms with van der Waals surface area (Å²) in [4.78, 5) is 22.6. The first kappa shape index (κ1) is 15.5. The first-order valence-electron chi connectivity index (χ1n) is 7.74. The summed E-state index contributed by atoms with van der Waals surface area (Å²) in [5.74, 6) is 0.539. The van der Waals surface area contributed by atoms with Crippen LogP contribution in [0.4, 0.5) is 5.69 Å². The van der Waals surface area contributed by atoms with Gasteiger partial charge in [0.2, 0.25) is 0 Å². The molecule has 0 saturated heterocycles. The highest BCUT2D eigenvalue weighted by Gasteiger charge is 2.15. The number of hydrogen-bond donors (Lipinski definition) is 1. The summed E-state index contributed by atoms with van der Waals surface area (Å²) < 4.78 is 1.81. The van der Waals surface area contributed by atoms with Crippen molar-refractivity contribution < 1.29 is 4.79 Å². The Morgan fingerprint density at radius 3 is 2.56 bits per heavy atom. The summed E-state index contributed by atoms with van der Waals surface area (Å²) >= 11 is 1.44. The van der Waals surface area contributed by atoms with Gasteiger partial charge in [0, 0.05) is 36.1 Å². The van der Waals surface area contributed by atoms with Crippen molar-refractivity contribution in [2.45, 2.75) is 6.92 Å². The van der Waals surface area contributed by atoms with E-state index in [4.69, 9.17) is 0 Å². The fourth-order valence-corrected chi connectivity index (χ4v) is 3.68. The average molecular weight is 349 g/mol. The maximum atomic E-state index is 12.5. The van der Waals surface area contributed by atoms with Crippen molar-refractivity contribution in [2.75, 3.05) is 5.32 Å². The summed E-state index contributed by atoms with van der Waals surface area (Å²) in [6.07, 6.45) is 3.41. The Bertz CT molecular complexity index is 1020. The number of carbonyl (C=O) groups excluding carboxylic acids is 1. The number of rotatable bonds is 3. The molecule has 0 spiro atoms. The molecule has 124 valence electrons. The van der Waals surface area contributed by atoms with Crippen LogP contribution in [0.3, 0.4) is 0 Å². The van der Waals surface area contributed by atoms with Crippen LogP contribution in [-0.4, -0.2) is 25.7 Å². The van der Waals surface area contributed by atoms with Gasteiger partial charge in [-0.3, -0.25) is 9.48 Å². The molecule has 6 nitrogen and oxygen atoms in total. The number of fused-ring (bicyclic) bond motifs is 1. The third-order valence-corrected chi connectivity index (χ3v) is 5.09.